The van der Waals surface area contributed by atoms with E-state index in [0.29, 0.717) is 5.82 Å². The Bertz CT molecular complexity index is 2610. The summed E-state index contributed by atoms with van der Waals surface area (Å²) in [5, 5.41) is 0. The van der Waals surface area contributed by atoms with Crippen LogP contribution in [0.3, 0.4) is 0 Å². The lowest BCUT2D eigenvalue weighted by atomic mass is 9.94. The van der Waals surface area contributed by atoms with Crippen molar-refractivity contribution in [2.24, 2.45) is 0 Å². The van der Waals surface area contributed by atoms with Gasteiger partial charge in [0, 0.05) is 16.7 Å². The molecule has 8 aromatic carbocycles. The van der Waals surface area contributed by atoms with Gasteiger partial charge in [-0.3, -0.25) is 0 Å². The van der Waals surface area contributed by atoms with Crippen LogP contribution >= 0.6 is 0 Å². The van der Waals surface area contributed by atoms with E-state index in [2.05, 4.69) is 212 Å². The molecule has 0 radical (unpaired) electrons. The van der Waals surface area contributed by atoms with Gasteiger partial charge in [-0.1, -0.05) is 182 Å². The Labute approximate surface area is 316 Å². The van der Waals surface area contributed by atoms with Crippen molar-refractivity contribution in [1.82, 2.24) is 9.97 Å². The monoisotopic (exact) mass is 688 g/mol. The summed E-state index contributed by atoms with van der Waals surface area (Å²) in [6.07, 6.45) is 0. The van der Waals surface area contributed by atoms with Crippen LogP contribution in [0.1, 0.15) is 0 Å². The first kappa shape index (κ1) is 32.7. The third-order valence-corrected chi connectivity index (χ3v) is 9.88. The van der Waals surface area contributed by atoms with E-state index in [1.807, 2.05) is 6.07 Å². The zero-order valence-corrected chi connectivity index (χ0v) is 29.7. The fourth-order valence-electron chi connectivity index (χ4n) is 7.05. The second kappa shape index (κ2) is 14.8. The molecule has 0 aliphatic carbocycles. The van der Waals surface area contributed by atoms with Gasteiger partial charge in [0.1, 0.15) is 0 Å². The molecule has 254 valence electrons. The van der Waals surface area contributed by atoms with Crippen LogP contribution in [0.2, 0.25) is 0 Å². The molecule has 2 nitrogen and oxygen atoms in total. The molecule has 0 bridgehead atoms. The maximum absolute atomic E-state index is 5.29. The normalized spacial score (nSPS) is 11.0. The number of hydrogen-bond donors (Lipinski definition) is 0. The lowest BCUT2D eigenvalue weighted by molar-refractivity contribution is 1.18. The van der Waals surface area contributed by atoms with Crippen molar-refractivity contribution >= 4 is 0 Å². The molecule has 1 aromatic heterocycles. The van der Waals surface area contributed by atoms with E-state index in [-0.39, 0.29) is 0 Å². The highest BCUT2D eigenvalue weighted by molar-refractivity contribution is 5.83. The highest BCUT2D eigenvalue weighted by Crippen LogP contribution is 2.36. The molecule has 0 amide bonds. The highest BCUT2D eigenvalue weighted by Gasteiger charge is 2.14. The molecule has 0 aliphatic heterocycles. The SMILES string of the molecule is c1ccc(-c2ccc(-c3cccc(-c4cccc(-c5nc(-c6ccccc6)cc(-c6cc(-c7ccccc7)cc(-c7ccccc7)c6)n5)c4)c3)cc2)cc1. The average Bonchev–Trinajstić information content (AvgIpc) is 3.27. The van der Waals surface area contributed by atoms with E-state index in [1.54, 1.807) is 0 Å². The standard InChI is InChI=1S/C52H36N2/c1-5-15-37(16-6-1)40-27-29-41(30-28-40)43-23-13-24-44(31-43)45-25-14-26-46(32-45)52-53-50(42-21-11-4-12-22-42)36-51(54-52)49-34-47(38-17-7-2-8-18-38)33-48(35-49)39-19-9-3-10-20-39/h1-36H. The maximum Gasteiger partial charge on any atom is 0.160 e. The minimum atomic E-state index is 0.687. The summed E-state index contributed by atoms with van der Waals surface area (Å²) in [7, 11) is 0. The molecule has 0 saturated carbocycles. The Morgan fingerprint density at radius 2 is 0.481 bits per heavy atom. The number of aromatic nitrogens is 2. The van der Waals surface area contributed by atoms with Gasteiger partial charge in [-0.2, -0.15) is 0 Å². The van der Waals surface area contributed by atoms with Crippen LogP contribution in [0.4, 0.5) is 0 Å². The summed E-state index contributed by atoms with van der Waals surface area (Å²) in [4.78, 5) is 10.5. The smallest absolute Gasteiger partial charge is 0.160 e. The maximum atomic E-state index is 5.29. The van der Waals surface area contributed by atoms with E-state index in [9.17, 15) is 0 Å². The number of nitrogens with zero attached hydrogens (tertiary/aromatic N) is 2. The minimum Gasteiger partial charge on any atom is -0.228 e. The predicted molar refractivity (Wildman–Crippen MR) is 226 cm³/mol. The summed E-state index contributed by atoms with van der Waals surface area (Å²) in [6.45, 7) is 0. The molecule has 0 N–H and O–H groups in total. The zero-order valence-electron chi connectivity index (χ0n) is 29.7. The van der Waals surface area contributed by atoms with Crippen LogP contribution in [0, 0.1) is 0 Å². The first-order valence-electron chi connectivity index (χ1n) is 18.3. The Morgan fingerprint density at radius 3 is 0.981 bits per heavy atom. The molecule has 0 saturated heterocycles. The van der Waals surface area contributed by atoms with Gasteiger partial charge in [0.15, 0.2) is 5.82 Å². The highest BCUT2D eigenvalue weighted by atomic mass is 14.9. The Balaban J connectivity index is 1.13. The molecule has 9 rings (SSSR count). The topological polar surface area (TPSA) is 25.8 Å². The first-order valence-corrected chi connectivity index (χ1v) is 18.3. The Kier molecular flexibility index (Phi) is 8.99. The lowest BCUT2D eigenvalue weighted by Crippen LogP contribution is -1.97. The molecule has 0 unspecified atom stereocenters. The summed E-state index contributed by atoms with van der Waals surface area (Å²) in [5.74, 6) is 0.687. The van der Waals surface area contributed by atoms with E-state index in [4.69, 9.17) is 9.97 Å². The van der Waals surface area contributed by atoms with Gasteiger partial charge in [0.05, 0.1) is 11.4 Å². The van der Waals surface area contributed by atoms with Gasteiger partial charge in [0.2, 0.25) is 0 Å². The summed E-state index contributed by atoms with van der Waals surface area (Å²) < 4.78 is 0. The van der Waals surface area contributed by atoms with Crippen molar-refractivity contribution in [3.63, 3.8) is 0 Å². The van der Waals surface area contributed by atoms with Gasteiger partial charge in [-0.25, -0.2) is 9.97 Å². The molecular weight excluding hydrogens is 653 g/mol. The second-order valence-electron chi connectivity index (χ2n) is 13.5. The van der Waals surface area contributed by atoms with E-state index in [1.165, 1.54) is 22.3 Å². The first-order chi connectivity index (χ1) is 26.7. The second-order valence-corrected chi connectivity index (χ2v) is 13.5. The van der Waals surface area contributed by atoms with E-state index >= 15 is 0 Å². The van der Waals surface area contributed by atoms with Crippen molar-refractivity contribution < 1.29 is 0 Å². The van der Waals surface area contributed by atoms with Crippen LogP contribution in [0.15, 0.2) is 218 Å². The van der Waals surface area contributed by atoms with Crippen LogP contribution in [-0.4, -0.2) is 9.97 Å². The minimum absolute atomic E-state index is 0.687. The van der Waals surface area contributed by atoms with Crippen LogP contribution in [0.25, 0.3) is 89.5 Å². The fourth-order valence-corrected chi connectivity index (χ4v) is 7.05. The quantitative estimate of drug-likeness (QED) is 0.159. The Morgan fingerprint density at radius 1 is 0.185 bits per heavy atom. The van der Waals surface area contributed by atoms with Gasteiger partial charge in [0.25, 0.3) is 0 Å². The lowest BCUT2D eigenvalue weighted by Gasteiger charge is -2.14. The molecule has 0 atom stereocenters. The van der Waals surface area contributed by atoms with Crippen molar-refractivity contribution in [2.75, 3.05) is 0 Å². The van der Waals surface area contributed by atoms with Gasteiger partial charge >= 0.3 is 0 Å². The number of rotatable bonds is 8. The van der Waals surface area contributed by atoms with Crippen molar-refractivity contribution in [3.8, 4) is 89.5 Å². The van der Waals surface area contributed by atoms with Gasteiger partial charge < -0.3 is 0 Å². The predicted octanol–water partition coefficient (Wildman–Crippen LogP) is 13.8. The molecular formula is C52H36N2. The summed E-state index contributed by atoms with van der Waals surface area (Å²) in [6, 6.07) is 77.0. The zero-order chi connectivity index (χ0) is 36.1. The number of hydrogen-bond acceptors (Lipinski definition) is 2. The Hall–Kier alpha value is -7.16. The third-order valence-electron chi connectivity index (χ3n) is 9.88. The van der Waals surface area contributed by atoms with Crippen LogP contribution < -0.4 is 0 Å². The molecule has 9 aromatic rings. The molecule has 54 heavy (non-hydrogen) atoms. The van der Waals surface area contributed by atoms with Gasteiger partial charge in [-0.15, -0.1) is 0 Å². The van der Waals surface area contributed by atoms with E-state index in [0.717, 1.165) is 61.5 Å². The molecule has 0 spiro atoms. The summed E-state index contributed by atoms with van der Waals surface area (Å²) in [5.41, 5.74) is 16.5. The van der Waals surface area contributed by atoms with Gasteiger partial charge in [-0.05, 0) is 92.0 Å². The molecule has 2 heteroatoms. The molecule has 1 heterocycles. The van der Waals surface area contributed by atoms with Crippen molar-refractivity contribution in [2.45, 2.75) is 0 Å². The molecule has 0 aliphatic rings. The fraction of sp³-hybridized carbons (Fsp3) is 0. The summed E-state index contributed by atoms with van der Waals surface area (Å²) >= 11 is 0. The molecule has 0 fully saturated rings. The van der Waals surface area contributed by atoms with Crippen LogP contribution in [0.5, 0.6) is 0 Å². The van der Waals surface area contributed by atoms with Crippen molar-refractivity contribution in [1.29, 1.82) is 0 Å². The van der Waals surface area contributed by atoms with Crippen molar-refractivity contribution in [3.05, 3.63) is 218 Å². The third kappa shape index (κ3) is 7.01. The average molecular weight is 689 g/mol. The van der Waals surface area contributed by atoms with E-state index < -0.39 is 0 Å². The largest absolute Gasteiger partial charge is 0.228 e. The van der Waals surface area contributed by atoms with Crippen LogP contribution in [-0.2, 0) is 0 Å². The number of benzene rings is 8.